The molecule has 1 aliphatic heterocycles. The number of anilines is 1. The average Bonchev–Trinajstić information content (AvgIpc) is 3.03. The maximum Gasteiger partial charge on any atom is 0.326 e. The van der Waals surface area contributed by atoms with Crippen LogP contribution in [-0.4, -0.2) is 55.6 Å². The largest absolute Gasteiger partial charge is 0.480 e. The molecule has 2 heterocycles. The first-order valence-electron chi connectivity index (χ1n) is 5.81. The summed E-state index contributed by atoms with van der Waals surface area (Å²) in [5, 5.41) is 11.3. The predicted octanol–water partition coefficient (Wildman–Crippen LogP) is 0.0775. The third-order valence-electron chi connectivity index (χ3n) is 3.19. The topological polar surface area (TPSA) is 97.9 Å². The second kappa shape index (κ2) is 5.83. The normalized spacial score (nSPS) is 24.7. The molecule has 1 saturated heterocycles. The minimum Gasteiger partial charge on any atom is -0.480 e. The van der Waals surface area contributed by atoms with E-state index in [1.165, 1.54) is 11.3 Å². The Kier molecular flexibility index (Phi) is 4.35. The van der Waals surface area contributed by atoms with Crippen molar-refractivity contribution in [3.63, 3.8) is 0 Å². The summed E-state index contributed by atoms with van der Waals surface area (Å²) in [6, 6.07) is -1.08. The third kappa shape index (κ3) is 2.86. The van der Waals surface area contributed by atoms with Gasteiger partial charge in [0.1, 0.15) is 18.2 Å². The van der Waals surface area contributed by atoms with Gasteiger partial charge in [-0.1, -0.05) is 0 Å². The van der Waals surface area contributed by atoms with E-state index in [1.54, 1.807) is 19.6 Å². The number of hydrogen-bond donors (Lipinski definition) is 2. The van der Waals surface area contributed by atoms with Crippen LogP contribution in [0.2, 0.25) is 0 Å². The number of aromatic nitrogens is 1. The fraction of sp³-hybridized carbons (Fsp3) is 0.636. The maximum atomic E-state index is 10.8. The number of nitrogens with two attached hydrogens (primary N) is 1. The molecule has 0 amide bonds. The molecule has 1 aliphatic rings. The van der Waals surface area contributed by atoms with Crippen molar-refractivity contribution in [2.75, 3.05) is 32.2 Å². The number of carboxylic acid groups (broad SMARTS) is 1. The van der Waals surface area contributed by atoms with Gasteiger partial charge in [-0.25, -0.2) is 4.98 Å². The van der Waals surface area contributed by atoms with Crippen molar-refractivity contribution < 1.29 is 19.4 Å². The number of hydrogen-bond acceptors (Lipinski definition) is 7. The van der Waals surface area contributed by atoms with Gasteiger partial charge in [0, 0.05) is 32.7 Å². The lowest BCUT2D eigenvalue weighted by Crippen LogP contribution is -2.27. The van der Waals surface area contributed by atoms with Crippen molar-refractivity contribution in [3.8, 4) is 0 Å². The molecule has 1 aromatic rings. The Morgan fingerprint density at radius 2 is 2.11 bits per heavy atom. The Balaban J connectivity index is 2.09. The molecule has 8 heteroatoms. The lowest BCUT2D eigenvalue weighted by molar-refractivity contribution is -0.138. The van der Waals surface area contributed by atoms with Gasteiger partial charge in [0.15, 0.2) is 5.13 Å². The van der Waals surface area contributed by atoms with E-state index in [0.717, 1.165) is 5.13 Å². The molecule has 3 atom stereocenters. The van der Waals surface area contributed by atoms with Crippen LogP contribution in [0.25, 0.3) is 0 Å². The average molecular weight is 287 g/mol. The van der Waals surface area contributed by atoms with Crippen LogP contribution in [0.3, 0.4) is 0 Å². The number of methoxy groups -OCH3 is 2. The van der Waals surface area contributed by atoms with E-state index in [0.29, 0.717) is 18.8 Å². The molecular weight excluding hydrogens is 270 g/mol. The molecule has 7 nitrogen and oxygen atoms in total. The van der Waals surface area contributed by atoms with Crippen molar-refractivity contribution in [1.29, 1.82) is 0 Å². The molecule has 3 unspecified atom stereocenters. The highest BCUT2D eigenvalue weighted by molar-refractivity contribution is 7.13. The van der Waals surface area contributed by atoms with Gasteiger partial charge in [0.25, 0.3) is 0 Å². The fourth-order valence-corrected chi connectivity index (χ4v) is 2.93. The number of thiazole rings is 1. The number of nitrogens with zero attached hydrogens (tertiary/aromatic N) is 2. The summed E-state index contributed by atoms with van der Waals surface area (Å²) in [6.07, 6.45) is -0.0176. The van der Waals surface area contributed by atoms with Crippen LogP contribution >= 0.6 is 11.3 Å². The van der Waals surface area contributed by atoms with Crippen LogP contribution < -0.4 is 10.6 Å². The van der Waals surface area contributed by atoms with E-state index < -0.39 is 12.0 Å². The van der Waals surface area contributed by atoms with Crippen LogP contribution in [0.1, 0.15) is 11.7 Å². The van der Waals surface area contributed by atoms with E-state index in [4.69, 9.17) is 20.3 Å². The molecule has 3 N–H and O–H groups in total. The second-order valence-corrected chi connectivity index (χ2v) is 5.16. The van der Waals surface area contributed by atoms with Crippen molar-refractivity contribution in [3.05, 3.63) is 11.1 Å². The summed E-state index contributed by atoms with van der Waals surface area (Å²) < 4.78 is 10.7. The Bertz CT molecular complexity index is 441. The molecule has 0 bridgehead atoms. The molecule has 0 saturated carbocycles. The van der Waals surface area contributed by atoms with Crippen molar-refractivity contribution in [2.24, 2.45) is 5.73 Å². The van der Waals surface area contributed by atoms with Crippen LogP contribution in [0, 0.1) is 0 Å². The van der Waals surface area contributed by atoms with Crippen molar-refractivity contribution in [2.45, 2.75) is 18.2 Å². The minimum absolute atomic E-state index is 0.00880. The molecule has 1 fully saturated rings. The first kappa shape index (κ1) is 14.2. The molecular formula is C11H17N3O4S. The SMILES string of the molecule is COC1CN(c2nc(C(N)C(=O)O)cs2)CC1OC. The highest BCUT2D eigenvalue weighted by Gasteiger charge is 2.34. The molecule has 0 aliphatic carbocycles. The van der Waals surface area contributed by atoms with E-state index in [-0.39, 0.29) is 12.2 Å². The molecule has 106 valence electrons. The first-order chi connectivity index (χ1) is 9.06. The molecule has 0 radical (unpaired) electrons. The Morgan fingerprint density at radius 1 is 1.53 bits per heavy atom. The Labute approximate surface area is 114 Å². The third-order valence-corrected chi connectivity index (χ3v) is 4.11. The van der Waals surface area contributed by atoms with Gasteiger partial charge in [-0.2, -0.15) is 0 Å². The number of ether oxygens (including phenoxy) is 2. The summed E-state index contributed by atoms with van der Waals surface area (Å²) in [5.41, 5.74) is 5.91. The Hall–Kier alpha value is -1.22. The van der Waals surface area contributed by atoms with Gasteiger partial charge in [-0.3, -0.25) is 4.79 Å². The van der Waals surface area contributed by atoms with Crippen molar-refractivity contribution >= 4 is 22.4 Å². The lowest BCUT2D eigenvalue weighted by atomic mass is 10.2. The highest BCUT2D eigenvalue weighted by Crippen LogP contribution is 2.28. The predicted molar refractivity (Wildman–Crippen MR) is 70.5 cm³/mol. The van der Waals surface area contributed by atoms with Crippen LogP contribution in [-0.2, 0) is 14.3 Å². The zero-order chi connectivity index (χ0) is 14.0. The van der Waals surface area contributed by atoms with Crippen LogP contribution in [0.4, 0.5) is 5.13 Å². The van der Waals surface area contributed by atoms with Crippen LogP contribution in [0.5, 0.6) is 0 Å². The number of carboxylic acids is 1. The standard InChI is InChI=1S/C11H17N3O4S/c1-17-7-3-14(4-8(7)18-2)11-13-6(5-19-11)9(12)10(15)16/h5,7-9H,3-4,12H2,1-2H3,(H,15,16). The molecule has 19 heavy (non-hydrogen) atoms. The van der Waals surface area contributed by atoms with Gasteiger partial charge in [0.2, 0.25) is 0 Å². The summed E-state index contributed by atoms with van der Waals surface area (Å²) in [5.74, 6) is -1.08. The lowest BCUT2D eigenvalue weighted by Gasteiger charge is -2.13. The van der Waals surface area contributed by atoms with Gasteiger partial charge in [-0.15, -0.1) is 11.3 Å². The molecule has 0 spiro atoms. The monoisotopic (exact) mass is 287 g/mol. The quantitative estimate of drug-likeness (QED) is 0.791. The molecule has 1 aromatic heterocycles. The Morgan fingerprint density at radius 3 is 2.58 bits per heavy atom. The number of rotatable bonds is 5. The number of aliphatic carboxylic acids is 1. The molecule has 0 aromatic carbocycles. The highest BCUT2D eigenvalue weighted by atomic mass is 32.1. The van der Waals surface area contributed by atoms with E-state index in [1.807, 2.05) is 4.90 Å². The van der Waals surface area contributed by atoms with Gasteiger partial charge >= 0.3 is 5.97 Å². The van der Waals surface area contributed by atoms with Gasteiger partial charge in [-0.05, 0) is 0 Å². The summed E-state index contributed by atoms with van der Waals surface area (Å²) in [6.45, 7) is 1.34. The van der Waals surface area contributed by atoms with E-state index in [2.05, 4.69) is 4.98 Å². The molecule has 2 rings (SSSR count). The summed E-state index contributed by atoms with van der Waals surface area (Å²) in [4.78, 5) is 17.1. The minimum atomic E-state index is -1.08. The maximum absolute atomic E-state index is 10.8. The summed E-state index contributed by atoms with van der Waals surface area (Å²) >= 11 is 1.38. The van der Waals surface area contributed by atoms with E-state index in [9.17, 15) is 4.79 Å². The van der Waals surface area contributed by atoms with Crippen molar-refractivity contribution in [1.82, 2.24) is 4.98 Å². The number of carbonyl (C=O) groups is 1. The summed E-state index contributed by atoms with van der Waals surface area (Å²) in [7, 11) is 3.29. The second-order valence-electron chi connectivity index (χ2n) is 4.32. The van der Waals surface area contributed by atoms with E-state index >= 15 is 0 Å². The van der Waals surface area contributed by atoms with Gasteiger partial charge in [0.05, 0.1) is 5.69 Å². The smallest absolute Gasteiger partial charge is 0.326 e. The van der Waals surface area contributed by atoms with Gasteiger partial charge < -0.3 is 25.2 Å². The van der Waals surface area contributed by atoms with Crippen LogP contribution in [0.15, 0.2) is 5.38 Å². The first-order valence-corrected chi connectivity index (χ1v) is 6.69. The zero-order valence-corrected chi connectivity index (χ0v) is 11.6. The fourth-order valence-electron chi connectivity index (χ4n) is 2.04. The zero-order valence-electron chi connectivity index (χ0n) is 10.8.